The lowest BCUT2D eigenvalue weighted by Crippen LogP contribution is -2.21. The molecule has 0 amide bonds. The number of nitrogens with one attached hydrogen (secondary N) is 2. The second kappa shape index (κ2) is 5.65. The molecule has 0 bridgehead atoms. The van der Waals surface area contributed by atoms with Crippen molar-refractivity contribution in [3.63, 3.8) is 0 Å². The number of aromatic nitrogens is 2. The van der Waals surface area contributed by atoms with E-state index in [0.717, 1.165) is 0 Å². The van der Waals surface area contributed by atoms with Gasteiger partial charge in [-0.3, -0.25) is 4.79 Å². The SMILES string of the molecule is CC(CCO)Nc1cc(=O)[nH]c(C(C)C)n1. The Morgan fingerprint density at radius 3 is 2.75 bits per heavy atom. The van der Waals surface area contributed by atoms with Crippen LogP contribution in [0.4, 0.5) is 5.82 Å². The zero-order valence-electron chi connectivity index (χ0n) is 9.95. The first kappa shape index (κ1) is 12.7. The maximum atomic E-state index is 11.4. The summed E-state index contributed by atoms with van der Waals surface area (Å²) >= 11 is 0. The van der Waals surface area contributed by atoms with E-state index < -0.39 is 0 Å². The highest BCUT2D eigenvalue weighted by atomic mass is 16.3. The van der Waals surface area contributed by atoms with Gasteiger partial charge in [-0.25, -0.2) is 4.98 Å². The normalized spacial score (nSPS) is 12.8. The third kappa shape index (κ3) is 3.66. The maximum Gasteiger partial charge on any atom is 0.252 e. The van der Waals surface area contributed by atoms with Crippen molar-refractivity contribution < 1.29 is 5.11 Å². The summed E-state index contributed by atoms with van der Waals surface area (Å²) < 4.78 is 0. The van der Waals surface area contributed by atoms with Crippen LogP contribution in [0.25, 0.3) is 0 Å². The fraction of sp³-hybridized carbons (Fsp3) is 0.636. The molecule has 5 heteroatoms. The highest BCUT2D eigenvalue weighted by Gasteiger charge is 2.07. The Morgan fingerprint density at radius 1 is 1.50 bits per heavy atom. The molecule has 1 aromatic heterocycles. The molecule has 0 aliphatic carbocycles. The Labute approximate surface area is 94.9 Å². The van der Waals surface area contributed by atoms with E-state index in [1.54, 1.807) is 0 Å². The molecule has 1 heterocycles. The van der Waals surface area contributed by atoms with Crippen molar-refractivity contribution in [1.82, 2.24) is 9.97 Å². The number of aliphatic hydroxyl groups is 1. The van der Waals surface area contributed by atoms with Crippen LogP contribution in [0.15, 0.2) is 10.9 Å². The van der Waals surface area contributed by atoms with E-state index in [0.29, 0.717) is 18.1 Å². The van der Waals surface area contributed by atoms with E-state index in [4.69, 9.17) is 5.11 Å². The quantitative estimate of drug-likeness (QED) is 0.700. The molecule has 1 atom stereocenters. The molecule has 0 aliphatic heterocycles. The fourth-order valence-electron chi connectivity index (χ4n) is 1.34. The van der Waals surface area contributed by atoms with Crippen LogP contribution in [0.3, 0.4) is 0 Å². The van der Waals surface area contributed by atoms with Gasteiger partial charge in [-0.2, -0.15) is 0 Å². The first-order valence-electron chi connectivity index (χ1n) is 5.51. The molecule has 5 nitrogen and oxygen atoms in total. The van der Waals surface area contributed by atoms with Crippen LogP contribution >= 0.6 is 0 Å². The van der Waals surface area contributed by atoms with Gasteiger partial charge in [-0.05, 0) is 13.3 Å². The zero-order valence-corrected chi connectivity index (χ0v) is 9.95. The first-order chi connectivity index (χ1) is 7.52. The second-order valence-corrected chi connectivity index (χ2v) is 4.23. The predicted octanol–water partition coefficient (Wildman–Crippen LogP) is 1.08. The molecule has 16 heavy (non-hydrogen) atoms. The molecule has 0 saturated carbocycles. The van der Waals surface area contributed by atoms with Crippen LogP contribution in [0.5, 0.6) is 0 Å². The van der Waals surface area contributed by atoms with Crippen LogP contribution in [-0.2, 0) is 0 Å². The Balaban J connectivity index is 2.84. The van der Waals surface area contributed by atoms with Gasteiger partial charge in [0.15, 0.2) is 0 Å². The number of H-pyrrole nitrogens is 1. The van der Waals surface area contributed by atoms with Gasteiger partial charge in [0.25, 0.3) is 5.56 Å². The maximum absolute atomic E-state index is 11.4. The van der Waals surface area contributed by atoms with E-state index in [9.17, 15) is 4.79 Å². The zero-order chi connectivity index (χ0) is 12.1. The summed E-state index contributed by atoms with van der Waals surface area (Å²) in [6.07, 6.45) is 0.630. The van der Waals surface area contributed by atoms with Crippen LogP contribution in [-0.4, -0.2) is 27.7 Å². The van der Waals surface area contributed by atoms with Crippen molar-refractivity contribution in [3.8, 4) is 0 Å². The molecule has 0 saturated heterocycles. The number of aliphatic hydroxyl groups excluding tert-OH is 1. The smallest absolute Gasteiger partial charge is 0.252 e. The van der Waals surface area contributed by atoms with Gasteiger partial charge in [-0.15, -0.1) is 0 Å². The van der Waals surface area contributed by atoms with Crippen molar-refractivity contribution in [2.75, 3.05) is 11.9 Å². The molecule has 1 rings (SSSR count). The number of hydrogen-bond acceptors (Lipinski definition) is 4. The van der Waals surface area contributed by atoms with Crippen molar-refractivity contribution in [3.05, 3.63) is 22.2 Å². The van der Waals surface area contributed by atoms with Gasteiger partial charge >= 0.3 is 0 Å². The van der Waals surface area contributed by atoms with Gasteiger partial charge in [0.2, 0.25) is 0 Å². The van der Waals surface area contributed by atoms with E-state index in [-0.39, 0.29) is 24.1 Å². The summed E-state index contributed by atoms with van der Waals surface area (Å²) in [6.45, 7) is 6.00. The van der Waals surface area contributed by atoms with Gasteiger partial charge < -0.3 is 15.4 Å². The lowest BCUT2D eigenvalue weighted by Gasteiger charge is -2.14. The Bertz CT molecular complexity index is 387. The third-order valence-corrected chi connectivity index (χ3v) is 2.26. The number of rotatable bonds is 5. The van der Waals surface area contributed by atoms with Crippen molar-refractivity contribution in [2.45, 2.75) is 39.2 Å². The van der Waals surface area contributed by atoms with Crippen LogP contribution in [0, 0.1) is 0 Å². The Hall–Kier alpha value is -1.36. The highest BCUT2D eigenvalue weighted by Crippen LogP contribution is 2.10. The molecular formula is C11H19N3O2. The summed E-state index contributed by atoms with van der Waals surface area (Å²) in [5, 5.41) is 11.9. The number of anilines is 1. The second-order valence-electron chi connectivity index (χ2n) is 4.23. The van der Waals surface area contributed by atoms with E-state index in [1.165, 1.54) is 6.07 Å². The lowest BCUT2D eigenvalue weighted by molar-refractivity contribution is 0.282. The fourth-order valence-corrected chi connectivity index (χ4v) is 1.34. The number of nitrogens with zero attached hydrogens (tertiary/aromatic N) is 1. The largest absolute Gasteiger partial charge is 0.396 e. The molecular weight excluding hydrogens is 206 g/mol. The van der Waals surface area contributed by atoms with Crippen LogP contribution < -0.4 is 10.9 Å². The predicted molar refractivity (Wildman–Crippen MR) is 63.7 cm³/mol. The molecule has 1 unspecified atom stereocenters. The minimum Gasteiger partial charge on any atom is -0.396 e. The molecule has 0 radical (unpaired) electrons. The van der Waals surface area contributed by atoms with Gasteiger partial charge in [-0.1, -0.05) is 13.8 Å². The summed E-state index contributed by atoms with van der Waals surface area (Å²) in [7, 11) is 0. The van der Waals surface area contributed by atoms with E-state index in [1.807, 2.05) is 20.8 Å². The third-order valence-electron chi connectivity index (χ3n) is 2.26. The molecule has 3 N–H and O–H groups in total. The summed E-state index contributed by atoms with van der Waals surface area (Å²) in [4.78, 5) is 18.4. The molecule has 0 aromatic carbocycles. The number of aromatic amines is 1. The van der Waals surface area contributed by atoms with Gasteiger partial charge in [0.1, 0.15) is 11.6 Å². The van der Waals surface area contributed by atoms with Gasteiger partial charge in [0, 0.05) is 24.6 Å². The average molecular weight is 225 g/mol. The topological polar surface area (TPSA) is 78.0 Å². The lowest BCUT2D eigenvalue weighted by atomic mass is 10.2. The summed E-state index contributed by atoms with van der Waals surface area (Å²) in [5.41, 5.74) is -0.155. The molecule has 0 fully saturated rings. The summed E-state index contributed by atoms with van der Waals surface area (Å²) in [5.74, 6) is 1.42. The Morgan fingerprint density at radius 2 is 2.19 bits per heavy atom. The Kier molecular flexibility index (Phi) is 4.49. The van der Waals surface area contributed by atoms with Crippen molar-refractivity contribution in [1.29, 1.82) is 0 Å². The van der Waals surface area contributed by atoms with Crippen molar-refractivity contribution in [2.24, 2.45) is 0 Å². The van der Waals surface area contributed by atoms with Crippen LogP contribution in [0.1, 0.15) is 38.9 Å². The van der Waals surface area contributed by atoms with Gasteiger partial charge in [0.05, 0.1) is 0 Å². The number of hydrogen-bond donors (Lipinski definition) is 3. The molecule has 0 spiro atoms. The summed E-state index contributed by atoms with van der Waals surface area (Å²) in [6, 6.07) is 1.53. The average Bonchev–Trinajstić information content (AvgIpc) is 2.16. The molecule has 0 aliphatic rings. The van der Waals surface area contributed by atoms with E-state index in [2.05, 4.69) is 15.3 Å². The van der Waals surface area contributed by atoms with Crippen molar-refractivity contribution >= 4 is 5.82 Å². The molecule has 90 valence electrons. The minimum absolute atomic E-state index is 0.0966. The standard InChI is InChI=1S/C11H19N3O2/c1-7(2)11-13-9(6-10(16)14-11)12-8(3)4-5-15/h6-8,15H,4-5H2,1-3H3,(H2,12,13,14,16). The minimum atomic E-state index is -0.155. The van der Waals surface area contributed by atoms with Crippen LogP contribution in [0.2, 0.25) is 0 Å². The van der Waals surface area contributed by atoms with E-state index >= 15 is 0 Å². The molecule has 1 aromatic rings. The monoisotopic (exact) mass is 225 g/mol. The first-order valence-corrected chi connectivity index (χ1v) is 5.51. The highest BCUT2D eigenvalue weighted by molar-refractivity contribution is 5.34.